The molecule has 11 heteroatoms. The minimum atomic E-state index is -1.18. The first kappa shape index (κ1) is 16.4. The predicted molar refractivity (Wildman–Crippen MR) is 89.3 cm³/mol. The van der Waals surface area contributed by atoms with Gasteiger partial charge in [-0.1, -0.05) is 0 Å². The second-order valence-corrected chi connectivity index (χ2v) is 5.64. The zero-order valence-corrected chi connectivity index (χ0v) is 13.7. The molecule has 0 aliphatic heterocycles. The van der Waals surface area contributed by atoms with Gasteiger partial charge < -0.3 is 19.8 Å². The summed E-state index contributed by atoms with van der Waals surface area (Å²) in [6.07, 6.45) is 1.09. The van der Waals surface area contributed by atoms with E-state index in [0.717, 1.165) is 6.26 Å². The molecule has 0 aliphatic rings. The van der Waals surface area contributed by atoms with Crippen LogP contribution in [0.25, 0.3) is 16.8 Å². The van der Waals surface area contributed by atoms with Crippen LogP contribution < -0.4 is 5.32 Å². The number of nitrogens with zero attached hydrogens (tertiary/aromatic N) is 4. The van der Waals surface area contributed by atoms with E-state index in [4.69, 9.17) is 9.52 Å². The number of furan rings is 1. The first-order valence-electron chi connectivity index (χ1n) is 7.64. The summed E-state index contributed by atoms with van der Waals surface area (Å²) in [6.45, 7) is 1.61. The van der Waals surface area contributed by atoms with Gasteiger partial charge in [-0.2, -0.15) is 4.68 Å². The molecule has 0 bridgehead atoms. The molecule has 0 saturated heterocycles. The van der Waals surface area contributed by atoms with Crippen molar-refractivity contribution in [2.75, 3.05) is 5.32 Å². The van der Waals surface area contributed by atoms with Crippen LogP contribution in [-0.4, -0.2) is 42.2 Å². The molecule has 0 radical (unpaired) electrons. The van der Waals surface area contributed by atoms with E-state index >= 15 is 0 Å². The third-order valence-corrected chi connectivity index (χ3v) is 3.89. The van der Waals surface area contributed by atoms with Gasteiger partial charge in [0.25, 0.3) is 5.91 Å². The SMILES string of the molecule is Cc1nnnn1-c1cc(NC(=O)c2cc3occ(C(=O)O)c3[nH]2)ccc1F. The number of nitrogens with one attached hydrogen (secondary N) is 2. The number of aromatic carboxylic acids is 1. The molecule has 0 atom stereocenters. The molecule has 3 N–H and O–H groups in total. The van der Waals surface area contributed by atoms with Crippen molar-refractivity contribution in [3.8, 4) is 5.69 Å². The topological polar surface area (TPSA) is 139 Å². The Morgan fingerprint density at radius 3 is 2.85 bits per heavy atom. The molecule has 4 aromatic rings. The first-order chi connectivity index (χ1) is 12.9. The highest BCUT2D eigenvalue weighted by atomic mass is 19.1. The number of benzene rings is 1. The third kappa shape index (κ3) is 2.80. The molecule has 10 nitrogen and oxygen atoms in total. The molecule has 0 spiro atoms. The van der Waals surface area contributed by atoms with Crippen molar-refractivity contribution >= 4 is 28.7 Å². The number of hydrogen-bond donors (Lipinski definition) is 3. The van der Waals surface area contributed by atoms with Crippen LogP contribution in [0.4, 0.5) is 10.1 Å². The molecule has 0 saturated carbocycles. The molecule has 1 aromatic carbocycles. The van der Waals surface area contributed by atoms with Gasteiger partial charge in [0.1, 0.15) is 29.0 Å². The van der Waals surface area contributed by atoms with Gasteiger partial charge in [0.15, 0.2) is 11.4 Å². The van der Waals surface area contributed by atoms with Crippen LogP contribution in [-0.2, 0) is 0 Å². The fourth-order valence-electron chi connectivity index (χ4n) is 2.60. The van der Waals surface area contributed by atoms with Crippen LogP contribution in [0, 0.1) is 12.7 Å². The Kier molecular flexibility index (Phi) is 3.69. The minimum absolute atomic E-state index is 0.0729. The van der Waals surface area contributed by atoms with Crippen molar-refractivity contribution in [3.05, 3.63) is 53.4 Å². The van der Waals surface area contributed by atoms with Crippen molar-refractivity contribution < 1.29 is 23.5 Å². The monoisotopic (exact) mass is 370 g/mol. The second kappa shape index (κ2) is 6.05. The Hall–Kier alpha value is -4.02. The van der Waals surface area contributed by atoms with Gasteiger partial charge in [-0.05, 0) is 35.5 Å². The maximum absolute atomic E-state index is 14.1. The Bertz CT molecular complexity index is 1190. The summed E-state index contributed by atoms with van der Waals surface area (Å²) < 4.78 is 20.4. The van der Waals surface area contributed by atoms with Crippen molar-refractivity contribution in [1.82, 2.24) is 25.2 Å². The minimum Gasteiger partial charge on any atom is -0.477 e. The number of aryl methyl sites for hydroxylation is 1. The largest absolute Gasteiger partial charge is 0.477 e. The fourth-order valence-corrected chi connectivity index (χ4v) is 2.60. The van der Waals surface area contributed by atoms with Gasteiger partial charge in [0, 0.05) is 11.8 Å². The Balaban J connectivity index is 1.63. The quantitative estimate of drug-likeness (QED) is 0.500. The molecule has 4 rings (SSSR count). The number of tetrazole rings is 1. The van der Waals surface area contributed by atoms with Crippen molar-refractivity contribution in [2.45, 2.75) is 6.92 Å². The number of hydrogen-bond acceptors (Lipinski definition) is 6. The number of anilines is 1. The number of H-pyrrole nitrogens is 1. The molecule has 1 amide bonds. The van der Waals surface area contributed by atoms with E-state index in [1.165, 1.54) is 28.9 Å². The number of carboxylic acid groups (broad SMARTS) is 1. The number of fused-ring (bicyclic) bond motifs is 1. The highest BCUT2D eigenvalue weighted by molar-refractivity contribution is 6.08. The van der Waals surface area contributed by atoms with Gasteiger partial charge in [0.2, 0.25) is 0 Å². The summed E-state index contributed by atoms with van der Waals surface area (Å²) in [4.78, 5) is 26.3. The van der Waals surface area contributed by atoms with Gasteiger partial charge in [-0.3, -0.25) is 4.79 Å². The average Bonchev–Trinajstić information content (AvgIpc) is 3.31. The van der Waals surface area contributed by atoms with Gasteiger partial charge >= 0.3 is 5.97 Å². The summed E-state index contributed by atoms with van der Waals surface area (Å²) in [6, 6.07) is 5.32. The van der Waals surface area contributed by atoms with Crippen LogP contribution in [0.5, 0.6) is 0 Å². The second-order valence-electron chi connectivity index (χ2n) is 5.64. The number of aromatic amines is 1. The highest BCUT2D eigenvalue weighted by Gasteiger charge is 2.19. The number of halogens is 1. The van der Waals surface area contributed by atoms with Crippen LogP contribution in [0.1, 0.15) is 26.7 Å². The van der Waals surface area contributed by atoms with Crippen LogP contribution in [0.3, 0.4) is 0 Å². The Morgan fingerprint density at radius 2 is 2.15 bits per heavy atom. The molecule has 3 aromatic heterocycles. The summed E-state index contributed by atoms with van der Waals surface area (Å²) in [5, 5.41) is 22.6. The number of carbonyl (C=O) groups is 2. The van der Waals surface area contributed by atoms with Gasteiger partial charge in [-0.15, -0.1) is 5.10 Å². The van der Waals surface area contributed by atoms with Crippen LogP contribution >= 0.6 is 0 Å². The summed E-state index contributed by atoms with van der Waals surface area (Å²) in [5.74, 6) is -1.92. The summed E-state index contributed by atoms with van der Waals surface area (Å²) in [7, 11) is 0. The zero-order chi connectivity index (χ0) is 19.1. The van der Waals surface area contributed by atoms with Crippen LogP contribution in [0.2, 0.25) is 0 Å². The summed E-state index contributed by atoms with van der Waals surface area (Å²) >= 11 is 0. The van der Waals surface area contributed by atoms with E-state index in [2.05, 4.69) is 25.8 Å². The Morgan fingerprint density at radius 1 is 1.33 bits per heavy atom. The molecule has 0 fully saturated rings. The van der Waals surface area contributed by atoms with Crippen molar-refractivity contribution in [3.63, 3.8) is 0 Å². The number of carboxylic acids is 1. The fraction of sp³-hybridized carbons (Fsp3) is 0.0625. The van der Waals surface area contributed by atoms with Gasteiger partial charge in [-0.25, -0.2) is 9.18 Å². The average molecular weight is 370 g/mol. The van der Waals surface area contributed by atoms with Crippen LogP contribution in [0.15, 0.2) is 34.9 Å². The lowest BCUT2D eigenvalue weighted by atomic mass is 10.2. The van der Waals surface area contributed by atoms with E-state index in [1.54, 1.807) is 6.92 Å². The van der Waals surface area contributed by atoms with E-state index in [1.807, 2.05) is 0 Å². The lowest BCUT2D eigenvalue weighted by Gasteiger charge is -2.08. The first-order valence-corrected chi connectivity index (χ1v) is 7.64. The smallest absolute Gasteiger partial charge is 0.341 e. The number of amides is 1. The zero-order valence-electron chi connectivity index (χ0n) is 13.7. The van der Waals surface area contributed by atoms with E-state index < -0.39 is 17.7 Å². The number of carbonyl (C=O) groups excluding carboxylic acids is 1. The summed E-state index contributed by atoms with van der Waals surface area (Å²) in [5.41, 5.74) is 0.830. The predicted octanol–water partition coefficient (Wildman–Crippen LogP) is 2.13. The molecule has 0 aliphatic carbocycles. The van der Waals surface area contributed by atoms with Gasteiger partial charge in [0.05, 0.1) is 5.52 Å². The Labute approximate surface area is 149 Å². The lowest BCUT2D eigenvalue weighted by Crippen LogP contribution is -2.13. The molecule has 136 valence electrons. The molecular weight excluding hydrogens is 359 g/mol. The number of aromatic nitrogens is 5. The normalized spacial score (nSPS) is 11.0. The van der Waals surface area contributed by atoms with E-state index in [-0.39, 0.29) is 28.0 Å². The molecular formula is C16H11FN6O4. The van der Waals surface area contributed by atoms with E-state index in [9.17, 15) is 14.0 Å². The molecule has 0 unspecified atom stereocenters. The maximum Gasteiger partial charge on any atom is 0.341 e. The standard InChI is InChI=1S/C16H11FN6O4/c1-7-20-21-22-23(7)12-4-8(2-3-10(12)17)18-15(24)11-5-13-14(19-11)9(6-27-13)16(25)26/h2-6,19H,1H3,(H,18,24)(H,25,26). The highest BCUT2D eigenvalue weighted by Crippen LogP contribution is 2.23. The maximum atomic E-state index is 14.1. The lowest BCUT2D eigenvalue weighted by molar-refractivity contribution is 0.0697. The van der Waals surface area contributed by atoms with E-state index in [0.29, 0.717) is 11.5 Å². The van der Waals surface area contributed by atoms with Crippen molar-refractivity contribution in [1.29, 1.82) is 0 Å². The molecule has 3 heterocycles. The van der Waals surface area contributed by atoms with Crippen molar-refractivity contribution in [2.24, 2.45) is 0 Å². The number of rotatable bonds is 4. The molecule has 27 heavy (non-hydrogen) atoms. The third-order valence-electron chi connectivity index (χ3n) is 3.89.